The Morgan fingerprint density at radius 1 is 1.35 bits per heavy atom. The zero-order valence-corrected chi connectivity index (χ0v) is 11.7. The molecule has 4 heteroatoms. The van der Waals surface area contributed by atoms with E-state index in [9.17, 15) is 0 Å². The number of nitrogens with zero attached hydrogens (tertiary/aromatic N) is 2. The zero-order valence-electron chi connectivity index (χ0n) is 11.7. The normalized spacial score (nSPS) is 27.0. The highest BCUT2D eigenvalue weighted by Crippen LogP contribution is 2.13. The van der Waals surface area contributed by atoms with Gasteiger partial charge in [-0.15, -0.1) is 0 Å². The lowest BCUT2D eigenvalue weighted by Crippen LogP contribution is -2.50. The molecule has 0 aliphatic carbocycles. The summed E-state index contributed by atoms with van der Waals surface area (Å²) in [6.07, 6.45) is 3.19. The Bertz CT molecular complexity index is 221. The van der Waals surface area contributed by atoms with Gasteiger partial charge in [-0.2, -0.15) is 0 Å². The fourth-order valence-corrected chi connectivity index (χ4v) is 2.43. The maximum Gasteiger partial charge on any atom is 0.0608 e. The van der Waals surface area contributed by atoms with Crippen LogP contribution in [0.1, 0.15) is 33.1 Å². The Morgan fingerprint density at radius 2 is 2.06 bits per heavy atom. The van der Waals surface area contributed by atoms with Gasteiger partial charge in [0, 0.05) is 31.2 Å². The lowest BCUT2D eigenvalue weighted by molar-refractivity contribution is 0.0972. The van der Waals surface area contributed by atoms with E-state index in [0.717, 1.165) is 19.4 Å². The smallest absolute Gasteiger partial charge is 0.0608 e. The quantitative estimate of drug-likeness (QED) is 0.667. The van der Waals surface area contributed by atoms with E-state index in [0.29, 0.717) is 6.04 Å². The number of unbranched alkanes of at least 4 members (excludes halogenated alkanes) is 1. The van der Waals surface area contributed by atoms with Crippen LogP contribution in [-0.4, -0.2) is 66.3 Å². The number of aliphatic hydroxyl groups is 1. The molecule has 1 heterocycles. The molecule has 17 heavy (non-hydrogen) atoms. The first kappa shape index (κ1) is 14.9. The van der Waals surface area contributed by atoms with Gasteiger partial charge in [-0.05, 0) is 40.3 Å². The van der Waals surface area contributed by atoms with Gasteiger partial charge in [0.2, 0.25) is 0 Å². The van der Waals surface area contributed by atoms with Crippen LogP contribution in [0.25, 0.3) is 0 Å². The summed E-state index contributed by atoms with van der Waals surface area (Å²) in [6, 6.07) is 0.663. The zero-order chi connectivity index (χ0) is 12.9. The standard InChI is InChI=1S/C13H29N3O/c1-12-10-15(3)8-9-16(12)7-5-4-6-13(2,14)11-17/h12,17H,4-11,14H2,1-3H3. The van der Waals surface area contributed by atoms with Crippen LogP contribution in [0.2, 0.25) is 0 Å². The van der Waals surface area contributed by atoms with Crippen molar-refractivity contribution < 1.29 is 5.11 Å². The number of rotatable bonds is 6. The number of likely N-dealkylation sites (N-methyl/N-ethyl adjacent to an activating group) is 1. The van der Waals surface area contributed by atoms with Gasteiger partial charge in [-0.3, -0.25) is 4.90 Å². The SMILES string of the molecule is CC1CN(C)CCN1CCCCC(C)(N)CO. The first-order chi connectivity index (χ1) is 7.94. The summed E-state index contributed by atoms with van der Waals surface area (Å²) < 4.78 is 0. The molecule has 0 aromatic carbocycles. The molecule has 1 fully saturated rings. The molecule has 1 aliphatic rings. The van der Waals surface area contributed by atoms with E-state index in [2.05, 4.69) is 23.8 Å². The Kier molecular flexibility index (Phi) is 5.86. The summed E-state index contributed by atoms with van der Waals surface area (Å²) in [5.74, 6) is 0. The molecule has 0 aromatic rings. The van der Waals surface area contributed by atoms with E-state index >= 15 is 0 Å². The third kappa shape index (κ3) is 5.34. The number of hydrogen-bond acceptors (Lipinski definition) is 4. The van der Waals surface area contributed by atoms with Crippen LogP contribution < -0.4 is 5.73 Å². The number of nitrogens with two attached hydrogens (primary N) is 1. The van der Waals surface area contributed by atoms with Crippen molar-refractivity contribution in [3.63, 3.8) is 0 Å². The molecule has 0 aromatic heterocycles. The number of piperazine rings is 1. The summed E-state index contributed by atoms with van der Waals surface area (Å²) in [7, 11) is 2.19. The predicted octanol–water partition coefficient (Wildman–Crippen LogP) is 0.502. The molecular formula is C13H29N3O. The third-order valence-corrected chi connectivity index (χ3v) is 3.77. The number of hydrogen-bond donors (Lipinski definition) is 2. The van der Waals surface area contributed by atoms with Gasteiger partial charge in [0.05, 0.1) is 6.61 Å². The number of aliphatic hydroxyl groups excluding tert-OH is 1. The first-order valence-corrected chi connectivity index (χ1v) is 6.77. The molecule has 1 saturated heterocycles. The second-order valence-electron chi connectivity index (χ2n) is 5.92. The van der Waals surface area contributed by atoms with Crippen LogP contribution in [0.5, 0.6) is 0 Å². The van der Waals surface area contributed by atoms with E-state index in [4.69, 9.17) is 10.8 Å². The van der Waals surface area contributed by atoms with Crippen molar-refractivity contribution in [2.24, 2.45) is 5.73 Å². The van der Waals surface area contributed by atoms with E-state index in [1.807, 2.05) is 6.92 Å². The fourth-order valence-electron chi connectivity index (χ4n) is 2.43. The molecule has 2 unspecified atom stereocenters. The third-order valence-electron chi connectivity index (χ3n) is 3.77. The van der Waals surface area contributed by atoms with Crippen LogP contribution in [0.15, 0.2) is 0 Å². The topological polar surface area (TPSA) is 52.7 Å². The molecule has 1 aliphatic heterocycles. The highest BCUT2D eigenvalue weighted by atomic mass is 16.3. The average molecular weight is 243 g/mol. The molecule has 0 amide bonds. The van der Waals surface area contributed by atoms with E-state index in [1.54, 1.807) is 0 Å². The van der Waals surface area contributed by atoms with E-state index < -0.39 is 5.54 Å². The van der Waals surface area contributed by atoms with E-state index in [-0.39, 0.29) is 6.61 Å². The molecule has 102 valence electrons. The van der Waals surface area contributed by atoms with Crippen molar-refractivity contribution in [1.29, 1.82) is 0 Å². The second kappa shape index (κ2) is 6.69. The van der Waals surface area contributed by atoms with Gasteiger partial charge in [-0.1, -0.05) is 6.42 Å². The molecular weight excluding hydrogens is 214 g/mol. The monoisotopic (exact) mass is 243 g/mol. The molecule has 0 saturated carbocycles. The Balaban J connectivity index is 2.14. The lowest BCUT2D eigenvalue weighted by Gasteiger charge is -2.38. The second-order valence-corrected chi connectivity index (χ2v) is 5.92. The molecule has 1 rings (SSSR count). The van der Waals surface area contributed by atoms with Crippen molar-refractivity contribution in [2.45, 2.75) is 44.7 Å². The van der Waals surface area contributed by atoms with Gasteiger partial charge >= 0.3 is 0 Å². The van der Waals surface area contributed by atoms with Gasteiger partial charge in [0.15, 0.2) is 0 Å². The van der Waals surface area contributed by atoms with Crippen LogP contribution in [0.4, 0.5) is 0 Å². The minimum Gasteiger partial charge on any atom is -0.394 e. The van der Waals surface area contributed by atoms with Crippen LogP contribution in [0, 0.1) is 0 Å². The van der Waals surface area contributed by atoms with Gasteiger partial charge in [0.1, 0.15) is 0 Å². The van der Waals surface area contributed by atoms with Gasteiger partial charge in [-0.25, -0.2) is 0 Å². The van der Waals surface area contributed by atoms with Crippen molar-refractivity contribution in [3.05, 3.63) is 0 Å². The summed E-state index contributed by atoms with van der Waals surface area (Å²) in [4.78, 5) is 4.96. The Hall–Kier alpha value is -0.160. The fraction of sp³-hybridized carbons (Fsp3) is 1.00. The van der Waals surface area contributed by atoms with E-state index in [1.165, 1.54) is 26.1 Å². The van der Waals surface area contributed by atoms with Crippen LogP contribution in [-0.2, 0) is 0 Å². The highest BCUT2D eigenvalue weighted by Gasteiger charge is 2.21. The first-order valence-electron chi connectivity index (χ1n) is 6.77. The van der Waals surface area contributed by atoms with Crippen molar-refractivity contribution in [3.8, 4) is 0 Å². The van der Waals surface area contributed by atoms with Gasteiger partial charge < -0.3 is 15.7 Å². The molecule has 3 N–H and O–H groups in total. The highest BCUT2D eigenvalue weighted by molar-refractivity contribution is 4.79. The summed E-state index contributed by atoms with van der Waals surface area (Å²) in [5.41, 5.74) is 5.52. The van der Waals surface area contributed by atoms with Crippen LogP contribution >= 0.6 is 0 Å². The molecule has 4 nitrogen and oxygen atoms in total. The average Bonchev–Trinajstić information content (AvgIpc) is 2.27. The molecule has 0 spiro atoms. The minimum atomic E-state index is -0.395. The van der Waals surface area contributed by atoms with Crippen molar-refractivity contribution >= 4 is 0 Å². The summed E-state index contributed by atoms with van der Waals surface area (Å²) in [5, 5.41) is 9.07. The Morgan fingerprint density at radius 3 is 2.65 bits per heavy atom. The van der Waals surface area contributed by atoms with Gasteiger partial charge in [0.25, 0.3) is 0 Å². The maximum atomic E-state index is 9.07. The predicted molar refractivity (Wildman–Crippen MR) is 72.1 cm³/mol. The van der Waals surface area contributed by atoms with Crippen LogP contribution in [0.3, 0.4) is 0 Å². The van der Waals surface area contributed by atoms with Crippen molar-refractivity contribution in [2.75, 3.05) is 39.8 Å². The summed E-state index contributed by atoms with van der Waals surface area (Å²) >= 11 is 0. The maximum absolute atomic E-state index is 9.07. The lowest BCUT2D eigenvalue weighted by atomic mass is 9.97. The molecule has 2 atom stereocenters. The minimum absolute atomic E-state index is 0.0813. The molecule has 0 radical (unpaired) electrons. The molecule has 0 bridgehead atoms. The Labute approximate surface area is 106 Å². The van der Waals surface area contributed by atoms with Crippen molar-refractivity contribution in [1.82, 2.24) is 9.80 Å². The largest absolute Gasteiger partial charge is 0.394 e. The summed E-state index contributed by atoms with van der Waals surface area (Å²) in [6.45, 7) is 8.99.